The van der Waals surface area contributed by atoms with Crippen molar-refractivity contribution in [3.05, 3.63) is 59.9 Å². The molecular weight excluding hydrogens is 287 g/mol. The molecule has 0 radical (unpaired) electrons. The van der Waals surface area contributed by atoms with Crippen molar-refractivity contribution in [2.75, 3.05) is 19.0 Å². The van der Waals surface area contributed by atoms with Crippen LogP contribution in [0.25, 0.3) is 0 Å². The Labute approximate surface area is 127 Å². The monoisotopic (exact) mass is 304 g/mol. The van der Waals surface area contributed by atoms with Crippen LogP contribution in [0, 0.1) is 5.82 Å². The SMILES string of the molecule is COc1cccc(NC(=O)NC[C@H](O)c2ccccc2F)c1. The van der Waals surface area contributed by atoms with Crippen LogP contribution in [0.3, 0.4) is 0 Å². The van der Waals surface area contributed by atoms with Crippen molar-refractivity contribution < 1.29 is 19.0 Å². The number of carbonyl (C=O) groups is 1. The Kier molecular flexibility index (Phi) is 5.32. The van der Waals surface area contributed by atoms with Gasteiger partial charge in [-0.3, -0.25) is 0 Å². The van der Waals surface area contributed by atoms with Crippen molar-refractivity contribution in [2.24, 2.45) is 0 Å². The van der Waals surface area contributed by atoms with Gasteiger partial charge in [0.1, 0.15) is 11.6 Å². The molecule has 1 atom stereocenters. The number of ether oxygens (including phenoxy) is 1. The van der Waals surface area contributed by atoms with E-state index in [1.165, 1.54) is 25.3 Å². The Morgan fingerprint density at radius 3 is 2.77 bits per heavy atom. The predicted octanol–water partition coefficient (Wildman–Crippen LogP) is 2.69. The van der Waals surface area contributed by atoms with Gasteiger partial charge in [0.05, 0.1) is 13.2 Å². The van der Waals surface area contributed by atoms with Crippen LogP contribution in [0.15, 0.2) is 48.5 Å². The van der Waals surface area contributed by atoms with Gasteiger partial charge < -0.3 is 20.5 Å². The Morgan fingerprint density at radius 1 is 1.27 bits per heavy atom. The zero-order valence-electron chi connectivity index (χ0n) is 12.0. The van der Waals surface area contributed by atoms with Gasteiger partial charge >= 0.3 is 6.03 Å². The van der Waals surface area contributed by atoms with Gasteiger partial charge in [-0.1, -0.05) is 24.3 Å². The average molecular weight is 304 g/mol. The molecule has 0 bridgehead atoms. The van der Waals surface area contributed by atoms with E-state index in [2.05, 4.69) is 10.6 Å². The van der Waals surface area contributed by atoms with Crippen LogP contribution in [0.5, 0.6) is 5.75 Å². The lowest BCUT2D eigenvalue weighted by atomic mass is 10.1. The summed E-state index contributed by atoms with van der Waals surface area (Å²) in [6.45, 7) is -0.100. The zero-order valence-corrected chi connectivity index (χ0v) is 12.0. The molecule has 2 rings (SSSR count). The number of methoxy groups -OCH3 is 1. The molecule has 2 aromatic carbocycles. The van der Waals surface area contributed by atoms with E-state index < -0.39 is 18.0 Å². The number of hydrogen-bond donors (Lipinski definition) is 3. The molecule has 5 nitrogen and oxygen atoms in total. The summed E-state index contributed by atoms with van der Waals surface area (Å²) < 4.78 is 18.5. The normalized spacial score (nSPS) is 11.6. The van der Waals surface area contributed by atoms with E-state index in [1.807, 2.05) is 0 Å². The Hall–Kier alpha value is -2.60. The van der Waals surface area contributed by atoms with E-state index in [4.69, 9.17) is 4.74 Å². The van der Waals surface area contributed by atoms with Gasteiger partial charge in [-0.05, 0) is 18.2 Å². The van der Waals surface area contributed by atoms with Gasteiger partial charge in [0, 0.05) is 23.9 Å². The number of nitrogens with one attached hydrogen (secondary N) is 2. The third kappa shape index (κ3) is 4.20. The summed E-state index contributed by atoms with van der Waals surface area (Å²) >= 11 is 0. The first-order valence-electron chi connectivity index (χ1n) is 6.71. The van der Waals surface area contributed by atoms with Crippen molar-refractivity contribution >= 4 is 11.7 Å². The molecule has 0 aromatic heterocycles. The van der Waals surface area contributed by atoms with Crippen molar-refractivity contribution in [3.63, 3.8) is 0 Å². The molecule has 0 fully saturated rings. The minimum Gasteiger partial charge on any atom is -0.497 e. The van der Waals surface area contributed by atoms with Crippen LogP contribution in [-0.4, -0.2) is 24.8 Å². The fraction of sp³-hybridized carbons (Fsp3) is 0.188. The maximum Gasteiger partial charge on any atom is 0.319 e. The second-order valence-corrected chi connectivity index (χ2v) is 4.60. The lowest BCUT2D eigenvalue weighted by molar-refractivity contribution is 0.170. The van der Waals surface area contributed by atoms with Gasteiger partial charge in [-0.2, -0.15) is 0 Å². The first-order valence-corrected chi connectivity index (χ1v) is 6.71. The van der Waals surface area contributed by atoms with E-state index in [9.17, 15) is 14.3 Å². The topological polar surface area (TPSA) is 70.6 Å². The number of benzene rings is 2. The second-order valence-electron chi connectivity index (χ2n) is 4.60. The third-order valence-corrected chi connectivity index (χ3v) is 3.05. The van der Waals surface area contributed by atoms with E-state index in [0.29, 0.717) is 11.4 Å². The maximum absolute atomic E-state index is 13.5. The fourth-order valence-electron chi connectivity index (χ4n) is 1.92. The summed E-state index contributed by atoms with van der Waals surface area (Å²) in [6.07, 6.45) is -1.11. The number of aliphatic hydroxyl groups is 1. The number of hydrogen-bond acceptors (Lipinski definition) is 3. The Morgan fingerprint density at radius 2 is 2.05 bits per heavy atom. The van der Waals surface area contributed by atoms with Crippen LogP contribution < -0.4 is 15.4 Å². The van der Waals surface area contributed by atoms with E-state index in [0.717, 1.165) is 0 Å². The van der Waals surface area contributed by atoms with Crippen LogP contribution in [0.4, 0.5) is 14.9 Å². The number of aliphatic hydroxyl groups excluding tert-OH is 1. The van der Waals surface area contributed by atoms with Crippen molar-refractivity contribution in [1.82, 2.24) is 5.32 Å². The molecule has 0 aliphatic rings. The van der Waals surface area contributed by atoms with Crippen LogP contribution in [0.2, 0.25) is 0 Å². The van der Waals surface area contributed by atoms with Crippen molar-refractivity contribution in [3.8, 4) is 5.75 Å². The minimum absolute atomic E-state index is 0.100. The molecule has 6 heteroatoms. The molecule has 22 heavy (non-hydrogen) atoms. The van der Waals surface area contributed by atoms with E-state index >= 15 is 0 Å². The standard InChI is InChI=1S/C16H17FN2O3/c1-22-12-6-4-5-11(9-12)19-16(21)18-10-15(20)13-7-2-3-8-14(13)17/h2-9,15,20H,10H2,1H3,(H2,18,19,21)/t15-/m0/s1. The number of rotatable bonds is 5. The number of carbonyl (C=O) groups excluding carboxylic acids is 1. The number of halogens is 1. The molecular formula is C16H17FN2O3. The molecule has 0 aliphatic heterocycles. The van der Waals surface area contributed by atoms with Crippen molar-refractivity contribution in [1.29, 1.82) is 0 Å². The zero-order chi connectivity index (χ0) is 15.9. The molecule has 0 aliphatic carbocycles. The molecule has 2 aromatic rings. The molecule has 2 amide bonds. The number of anilines is 1. The average Bonchev–Trinajstić information content (AvgIpc) is 2.53. The van der Waals surface area contributed by atoms with Crippen LogP contribution in [-0.2, 0) is 0 Å². The lowest BCUT2D eigenvalue weighted by Gasteiger charge is -2.13. The minimum atomic E-state index is -1.11. The van der Waals surface area contributed by atoms with Gasteiger partial charge in [0.25, 0.3) is 0 Å². The summed E-state index contributed by atoms with van der Waals surface area (Å²) in [6, 6.07) is 12.3. The van der Waals surface area contributed by atoms with E-state index in [1.54, 1.807) is 30.3 Å². The summed E-state index contributed by atoms with van der Waals surface area (Å²) in [5, 5.41) is 15.0. The molecule has 0 unspecified atom stereocenters. The highest BCUT2D eigenvalue weighted by Gasteiger charge is 2.13. The summed E-state index contributed by atoms with van der Waals surface area (Å²) in [7, 11) is 1.53. The number of amides is 2. The third-order valence-electron chi connectivity index (χ3n) is 3.05. The lowest BCUT2D eigenvalue weighted by Crippen LogP contribution is -2.32. The molecule has 0 heterocycles. The molecule has 3 N–H and O–H groups in total. The first kappa shape index (κ1) is 15.8. The highest BCUT2D eigenvalue weighted by molar-refractivity contribution is 5.89. The maximum atomic E-state index is 13.5. The summed E-state index contributed by atoms with van der Waals surface area (Å²) in [5.74, 6) is 0.106. The van der Waals surface area contributed by atoms with Crippen molar-refractivity contribution in [2.45, 2.75) is 6.10 Å². The van der Waals surface area contributed by atoms with Gasteiger partial charge in [-0.15, -0.1) is 0 Å². The fourth-order valence-corrected chi connectivity index (χ4v) is 1.92. The highest BCUT2D eigenvalue weighted by atomic mass is 19.1. The summed E-state index contributed by atoms with van der Waals surface area (Å²) in [4.78, 5) is 11.8. The highest BCUT2D eigenvalue weighted by Crippen LogP contribution is 2.17. The smallest absolute Gasteiger partial charge is 0.319 e. The molecule has 0 saturated heterocycles. The van der Waals surface area contributed by atoms with Gasteiger partial charge in [0.2, 0.25) is 0 Å². The molecule has 116 valence electrons. The second kappa shape index (κ2) is 7.42. The number of urea groups is 1. The Bertz CT molecular complexity index is 649. The summed E-state index contributed by atoms with van der Waals surface area (Å²) in [5.41, 5.74) is 0.696. The van der Waals surface area contributed by atoms with Crippen LogP contribution >= 0.6 is 0 Å². The van der Waals surface area contributed by atoms with Gasteiger partial charge in [0.15, 0.2) is 0 Å². The first-order chi connectivity index (χ1) is 10.6. The molecule has 0 spiro atoms. The molecule has 0 saturated carbocycles. The largest absolute Gasteiger partial charge is 0.497 e. The quantitative estimate of drug-likeness (QED) is 0.795. The van der Waals surface area contributed by atoms with Gasteiger partial charge in [-0.25, -0.2) is 9.18 Å². The predicted molar refractivity (Wildman–Crippen MR) is 81.4 cm³/mol. The Balaban J connectivity index is 1.88. The van der Waals surface area contributed by atoms with Crippen LogP contribution in [0.1, 0.15) is 11.7 Å². The van der Waals surface area contributed by atoms with E-state index in [-0.39, 0.29) is 12.1 Å².